The SMILES string of the molecule is COc1ccccc1CN[C@@H]1CS(=O)(=O)C[C@H]1S(=O)(=O)c1ccc(F)c(C)c1. The third-order valence-corrected chi connectivity index (χ3v) is 9.05. The number of methoxy groups -OCH3 is 1. The van der Waals surface area contributed by atoms with Crippen molar-refractivity contribution in [3.8, 4) is 5.75 Å². The molecule has 1 aliphatic rings. The lowest BCUT2D eigenvalue weighted by Crippen LogP contribution is -2.43. The maximum Gasteiger partial charge on any atom is 0.183 e. The average molecular weight is 428 g/mol. The smallest absolute Gasteiger partial charge is 0.183 e. The van der Waals surface area contributed by atoms with Gasteiger partial charge in [-0.3, -0.25) is 0 Å². The molecule has 0 spiro atoms. The number of benzene rings is 2. The highest BCUT2D eigenvalue weighted by atomic mass is 32.2. The molecule has 0 amide bonds. The van der Waals surface area contributed by atoms with Crippen LogP contribution >= 0.6 is 0 Å². The summed E-state index contributed by atoms with van der Waals surface area (Å²) in [6.07, 6.45) is 0. The van der Waals surface area contributed by atoms with Crippen LogP contribution < -0.4 is 10.1 Å². The summed E-state index contributed by atoms with van der Waals surface area (Å²) in [5.74, 6) is -0.616. The van der Waals surface area contributed by atoms with Crippen molar-refractivity contribution in [3.05, 3.63) is 59.4 Å². The lowest BCUT2D eigenvalue weighted by molar-refractivity contribution is 0.406. The summed E-state index contributed by atoms with van der Waals surface area (Å²) >= 11 is 0. The van der Waals surface area contributed by atoms with Crippen molar-refractivity contribution in [1.29, 1.82) is 0 Å². The number of rotatable bonds is 6. The molecular formula is C19H22FNO5S2. The normalized spacial score (nSPS) is 21.5. The van der Waals surface area contributed by atoms with E-state index in [1.165, 1.54) is 26.2 Å². The number of para-hydroxylation sites is 1. The van der Waals surface area contributed by atoms with Gasteiger partial charge in [0, 0.05) is 18.2 Å². The largest absolute Gasteiger partial charge is 0.496 e. The Morgan fingerprint density at radius 1 is 1.18 bits per heavy atom. The molecule has 0 bridgehead atoms. The van der Waals surface area contributed by atoms with Crippen molar-refractivity contribution in [3.63, 3.8) is 0 Å². The predicted octanol–water partition coefficient (Wildman–Crippen LogP) is 1.87. The highest BCUT2D eigenvalue weighted by Crippen LogP contribution is 2.28. The molecule has 9 heteroatoms. The molecule has 6 nitrogen and oxygen atoms in total. The van der Waals surface area contributed by atoms with Crippen LogP contribution in [0, 0.1) is 12.7 Å². The number of hydrogen-bond donors (Lipinski definition) is 1. The maximum atomic E-state index is 13.5. The second-order valence-corrected chi connectivity index (χ2v) is 11.2. The van der Waals surface area contributed by atoms with Crippen LogP contribution in [0.15, 0.2) is 47.4 Å². The van der Waals surface area contributed by atoms with Crippen LogP contribution in [-0.2, 0) is 26.2 Å². The van der Waals surface area contributed by atoms with Crippen molar-refractivity contribution >= 4 is 19.7 Å². The summed E-state index contributed by atoms with van der Waals surface area (Å²) in [5.41, 5.74) is 0.989. The summed E-state index contributed by atoms with van der Waals surface area (Å²) in [6, 6.07) is 9.97. The number of ether oxygens (including phenoxy) is 1. The second kappa shape index (κ2) is 7.81. The Labute approximate surface area is 164 Å². The molecule has 1 aliphatic heterocycles. The molecule has 3 rings (SSSR count). The van der Waals surface area contributed by atoms with Gasteiger partial charge in [-0.1, -0.05) is 18.2 Å². The summed E-state index contributed by atoms with van der Waals surface area (Å²) in [7, 11) is -5.95. The first-order valence-corrected chi connectivity index (χ1v) is 12.1. The fourth-order valence-electron chi connectivity index (χ4n) is 3.37. The topological polar surface area (TPSA) is 89.5 Å². The number of sulfone groups is 2. The molecule has 2 atom stereocenters. The molecule has 1 fully saturated rings. The fraction of sp³-hybridized carbons (Fsp3) is 0.368. The quantitative estimate of drug-likeness (QED) is 0.708. The third-order valence-electron chi connectivity index (χ3n) is 4.90. The first-order chi connectivity index (χ1) is 13.1. The van der Waals surface area contributed by atoms with Gasteiger partial charge in [0.2, 0.25) is 0 Å². The summed E-state index contributed by atoms with van der Waals surface area (Å²) in [5, 5.41) is 1.93. The van der Waals surface area contributed by atoms with Gasteiger partial charge in [0.05, 0.1) is 28.8 Å². The number of aryl methyl sites for hydroxylation is 1. The van der Waals surface area contributed by atoms with E-state index in [0.29, 0.717) is 5.75 Å². The fourth-order valence-corrected chi connectivity index (χ4v) is 8.17. The van der Waals surface area contributed by atoms with E-state index in [4.69, 9.17) is 4.74 Å². The Bertz CT molecular complexity index is 1080. The van der Waals surface area contributed by atoms with Crippen molar-refractivity contribution in [2.45, 2.75) is 29.7 Å². The average Bonchev–Trinajstić information content (AvgIpc) is 2.97. The van der Waals surface area contributed by atoms with E-state index in [1.807, 2.05) is 18.2 Å². The molecule has 0 unspecified atom stereocenters. The highest BCUT2D eigenvalue weighted by Gasteiger charge is 2.45. The summed E-state index contributed by atoms with van der Waals surface area (Å²) < 4.78 is 69.4. The van der Waals surface area contributed by atoms with Crippen molar-refractivity contribution in [1.82, 2.24) is 5.32 Å². The molecule has 0 aliphatic carbocycles. The third kappa shape index (κ3) is 4.21. The van der Waals surface area contributed by atoms with Gasteiger partial charge in [-0.15, -0.1) is 0 Å². The molecule has 0 aromatic heterocycles. The molecule has 1 heterocycles. The van der Waals surface area contributed by atoms with E-state index in [2.05, 4.69) is 5.32 Å². The highest BCUT2D eigenvalue weighted by molar-refractivity contribution is 7.96. The van der Waals surface area contributed by atoms with E-state index in [0.717, 1.165) is 11.6 Å². The standard InChI is InChI=1S/C19H22FNO5S2/c1-13-9-15(7-8-16(13)20)28(24,25)19-12-27(22,23)11-17(19)21-10-14-5-3-4-6-18(14)26-2/h3-9,17,19,21H,10-12H2,1-2H3/t17-,19-/m1/s1. The summed E-state index contributed by atoms with van der Waals surface area (Å²) in [6.45, 7) is 1.73. The lowest BCUT2D eigenvalue weighted by atomic mass is 10.1. The zero-order valence-corrected chi connectivity index (χ0v) is 17.2. The van der Waals surface area contributed by atoms with E-state index in [1.54, 1.807) is 6.07 Å². The Balaban J connectivity index is 1.88. The number of halogens is 1. The monoisotopic (exact) mass is 427 g/mol. The molecule has 2 aromatic rings. The van der Waals surface area contributed by atoms with Gasteiger partial charge in [-0.25, -0.2) is 21.2 Å². The van der Waals surface area contributed by atoms with Crippen LogP contribution in [0.3, 0.4) is 0 Å². The van der Waals surface area contributed by atoms with Gasteiger partial charge >= 0.3 is 0 Å². The van der Waals surface area contributed by atoms with Crippen LogP contribution in [0.4, 0.5) is 4.39 Å². The first-order valence-electron chi connectivity index (χ1n) is 8.70. The molecule has 0 radical (unpaired) electrons. The Morgan fingerprint density at radius 3 is 2.57 bits per heavy atom. The second-order valence-electron chi connectivity index (χ2n) is 6.87. The zero-order chi connectivity index (χ0) is 20.5. The maximum absolute atomic E-state index is 13.5. The summed E-state index contributed by atoms with van der Waals surface area (Å²) in [4.78, 5) is -0.0717. The van der Waals surface area contributed by atoms with Crippen molar-refractivity contribution in [2.24, 2.45) is 0 Å². The molecule has 0 saturated carbocycles. The predicted molar refractivity (Wildman–Crippen MR) is 104 cm³/mol. The Morgan fingerprint density at radius 2 is 1.89 bits per heavy atom. The van der Waals surface area contributed by atoms with E-state index < -0.39 is 42.5 Å². The van der Waals surface area contributed by atoms with Crippen LogP contribution in [0.25, 0.3) is 0 Å². The molecule has 28 heavy (non-hydrogen) atoms. The van der Waals surface area contributed by atoms with Crippen molar-refractivity contribution < 1.29 is 26.0 Å². The van der Waals surface area contributed by atoms with Gasteiger partial charge in [-0.05, 0) is 36.8 Å². The molecular weight excluding hydrogens is 405 g/mol. The van der Waals surface area contributed by atoms with Crippen LogP contribution in [-0.4, -0.2) is 46.7 Å². The van der Waals surface area contributed by atoms with E-state index in [9.17, 15) is 21.2 Å². The van der Waals surface area contributed by atoms with Crippen LogP contribution in [0.1, 0.15) is 11.1 Å². The van der Waals surface area contributed by atoms with E-state index in [-0.39, 0.29) is 22.8 Å². The molecule has 2 aromatic carbocycles. The van der Waals surface area contributed by atoms with Crippen molar-refractivity contribution in [2.75, 3.05) is 18.6 Å². The zero-order valence-electron chi connectivity index (χ0n) is 15.6. The minimum Gasteiger partial charge on any atom is -0.496 e. The molecule has 1 saturated heterocycles. The first kappa shape index (κ1) is 20.8. The van der Waals surface area contributed by atoms with Gasteiger partial charge in [0.15, 0.2) is 19.7 Å². The minimum atomic E-state index is -3.96. The Kier molecular flexibility index (Phi) is 5.79. The van der Waals surface area contributed by atoms with Crippen LogP contribution in [0.5, 0.6) is 5.75 Å². The van der Waals surface area contributed by atoms with Gasteiger partial charge in [-0.2, -0.15) is 0 Å². The van der Waals surface area contributed by atoms with Gasteiger partial charge in [0.25, 0.3) is 0 Å². The molecule has 1 N–H and O–H groups in total. The number of hydrogen-bond acceptors (Lipinski definition) is 6. The number of nitrogens with one attached hydrogen (secondary N) is 1. The van der Waals surface area contributed by atoms with E-state index >= 15 is 0 Å². The Hall–Kier alpha value is -1.97. The minimum absolute atomic E-state index is 0.0717. The molecule has 152 valence electrons. The van der Waals surface area contributed by atoms with Gasteiger partial charge < -0.3 is 10.1 Å². The van der Waals surface area contributed by atoms with Crippen LogP contribution in [0.2, 0.25) is 0 Å². The lowest BCUT2D eigenvalue weighted by Gasteiger charge is -2.21. The van der Waals surface area contributed by atoms with Gasteiger partial charge in [0.1, 0.15) is 11.6 Å².